The first-order chi connectivity index (χ1) is 7.65. The van der Waals surface area contributed by atoms with Gasteiger partial charge in [-0.3, -0.25) is 0 Å². The second kappa shape index (κ2) is 5.13. The molecule has 1 fully saturated rings. The Kier molecular flexibility index (Phi) is 3.80. The van der Waals surface area contributed by atoms with Gasteiger partial charge in [-0.15, -0.1) is 11.6 Å². The lowest BCUT2D eigenvalue weighted by atomic mass is 9.91. The summed E-state index contributed by atoms with van der Waals surface area (Å²) in [6.07, 6.45) is 5.01. The Balaban J connectivity index is 2.21. The third-order valence-electron chi connectivity index (χ3n) is 3.22. The van der Waals surface area contributed by atoms with E-state index in [1.807, 2.05) is 0 Å². The maximum atomic E-state index is 13.1. The average Bonchev–Trinajstić information content (AvgIpc) is 2.41. The first-order valence-corrected chi connectivity index (χ1v) is 6.19. The van der Waals surface area contributed by atoms with Crippen LogP contribution in [0, 0.1) is 11.6 Å². The minimum absolute atomic E-state index is 0.138. The zero-order valence-corrected chi connectivity index (χ0v) is 9.81. The van der Waals surface area contributed by atoms with Gasteiger partial charge >= 0.3 is 0 Å². The van der Waals surface area contributed by atoms with Crippen LogP contribution < -0.4 is 0 Å². The molecule has 0 spiro atoms. The van der Waals surface area contributed by atoms with Gasteiger partial charge in [-0.05, 0) is 42.9 Å². The molecule has 0 nitrogen and oxygen atoms in total. The maximum absolute atomic E-state index is 13.1. The van der Waals surface area contributed by atoms with Crippen LogP contribution >= 0.6 is 11.6 Å². The molecule has 0 aromatic heterocycles. The molecule has 2 unspecified atom stereocenters. The monoisotopic (exact) mass is 244 g/mol. The third-order valence-corrected chi connectivity index (χ3v) is 3.61. The SMILES string of the molecule is Fc1cc(F)cc(C2CCCCC(Cl)C2)c1. The van der Waals surface area contributed by atoms with Crippen molar-refractivity contribution in [3.05, 3.63) is 35.4 Å². The van der Waals surface area contributed by atoms with Crippen LogP contribution in [0.1, 0.15) is 43.6 Å². The highest BCUT2D eigenvalue weighted by atomic mass is 35.5. The lowest BCUT2D eigenvalue weighted by molar-refractivity contribution is 0.554. The van der Waals surface area contributed by atoms with Gasteiger partial charge in [-0.1, -0.05) is 12.8 Å². The summed E-state index contributed by atoms with van der Waals surface area (Å²) >= 11 is 6.16. The molecule has 2 atom stereocenters. The van der Waals surface area contributed by atoms with E-state index in [1.54, 1.807) is 0 Å². The molecule has 16 heavy (non-hydrogen) atoms. The van der Waals surface area contributed by atoms with Crippen molar-refractivity contribution in [2.24, 2.45) is 0 Å². The Bertz CT molecular complexity index is 345. The molecule has 3 heteroatoms. The van der Waals surface area contributed by atoms with Crippen molar-refractivity contribution >= 4 is 11.6 Å². The number of benzene rings is 1. The second-order valence-electron chi connectivity index (χ2n) is 4.52. The fourth-order valence-electron chi connectivity index (χ4n) is 2.41. The van der Waals surface area contributed by atoms with E-state index in [1.165, 1.54) is 12.1 Å². The summed E-state index contributed by atoms with van der Waals surface area (Å²) in [4.78, 5) is 0. The molecule has 2 rings (SSSR count). The second-order valence-corrected chi connectivity index (χ2v) is 5.13. The summed E-state index contributed by atoms with van der Waals surface area (Å²) < 4.78 is 26.2. The van der Waals surface area contributed by atoms with Gasteiger partial charge in [0.1, 0.15) is 11.6 Å². The van der Waals surface area contributed by atoms with Crippen LogP contribution in [0.5, 0.6) is 0 Å². The third kappa shape index (κ3) is 2.94. The van der Waals surface area contributed by atoms with Gasteiger partial charge < -0.3 is 0 Å². The van der Waals surface area contributed by atoms with Crippen molar-refractivity contribution < 1.29 is 8.78 Å². The summed E-state index contributed by atoms with van der Waals surface area (Å²) in [6, 6.07) is 3.78. The van der Waals surface area contributed by atoms with Gasteiger partial charge in [-0.25, -0.2) is 8.78 Å². The Morgan fingerprint density at radius 3 is 2.31 bits per heavy atom. The molecule has 0 amide bonds. The van der Waals surface area contributed by atoms with Gasteiger partial charge in [0, 0.05) is 11.4 Å². The zero-order chi connectivity index (χ0) is 11.5. The first kappa shape index (κ1) is 11.8. The van der Waals surface area contributed by atoms with E-state index in [9.17, 15) is 8.78 Å². The summed E-state index contributed by atoms with van der Waals surface area (Å²) in [5.74, 6) is -0.786. The smallest absolute Gasteiger partial charge is 0.126 e. The maximum Gasteiger partial charge on any atom is 0.126 e. The largest absolute Gasteiger partial charge is 0.207 e. The van der Waals surface area contributed by atoms with Gasteiger partial charge in [0.25, 0.3) is 0 Å². The van der Waals surface area contributed by atoms with E-state index in [-0.39, 0.29) is 11.3 Å². The number of hydrogen-bond acceptors (Lipinski definition) is 0. The van der Waals surface area contributed by atoms with Crippen molar-refractivity contribution in [1.29, 1.82) is 0 Å². The molecule has 0 heterocycles. The van der Waals surface area contributed by atoms with Gasteiger partial charge in [-0.2, -0.15) is 0 Å². The van der Waals surface area contributed by atoms with Crippen molar-refractivity contribution in [3.8, 4) is 0 Å². The highest BCUT2D eigenvalue weighted by molar-refractivity contribution is 6.20. The molecule has 0 N–H and O–H groups in total. The standard InChI is InChI=1S/C13H15ClF2/c14-11-4-2-1-3-9(5-11)10-6-12(15)8-13(16)7-10/h6-9,11H,1-5H2. The summed E-state index contributed by atoms with van der Waals surface area (Å²) in [7, 11) is 0. The van der Waals surface area contributed by atoms with Crippen molar-refractivity contribution in [2.45, 2.75) is 43.4 Å². The molecule has 1 aromatic carbocycles. The minimum Gasteiger partial charge on any atom is -0.207 e. The molecule has 0 saturated heterocycles. The number of alkyl halides is 1. The highest BCUT2D eigenvalue weighted by Crippen LogP contribution is 2.34. The molecule has 88 valence electrons. The molecule has 1 aliphatic carbocycles. The van der Waals surface area contributed by atoms with Gasteiger partial charge in [0.15, 0.2) is 0 Å². The Morgan fingerprint density at radius 2 is 1.62 bits per heavy atom. The van der Waals surface area contributed by atoms with E-state index in [2.05, 4.69) is 0 Å². The first-order valence-electron chi connectivity index (χ1n) is 5.75. The van der Waals surface area contributed by atoms with Crippen molar-refractivity contribution in [1.82, 2.24) is 0 Å². The fraction of sp³-hybridized carbons (Fsp3) is 0.538. The number of hydrogen-bond donors (Lipinski definition) is 0. The summed E-state index contributed by atoms with van der Waals surface area (Å²) in [5.41, 5.74) is 0.755. The van der Waals surface area contributed by atoms with E-state index >= 15 is 0 Å². The topological polar surface area (TPSA) is 0 Å². The summed E-state index contributed by atoms with van der Waals surface area (Å²) in [6.45, 7) is 0. The Labute approximate surface area is 99.6 Å². The Hall–Kier alpha value is -0.630. The van der Waals surface area contributed by atoms with Crippen molar-refractivity contribution in [2.75, 3.05) is 0 Å². The van der Waals surface area contributed by atoms with Crippen LogP contribution in [0.15, 0.2) is 18.2 Å². The fourth-order valence-corrected chi connectivity index (χ4v) is 2.78. The molecule has 1 aliphatic rings. The number of rotatable bonds is 1. The van der Waals surface area contributed by atoms with Crippen molar-refractivity contribution in [3.63, 3.8) is 0 Å². The van der Waals surface area contributed by atoms with Gasteiger partial charge in [0.05, 0.1) is 0 Å². The molecular formula is C13H15ClF2. The molecule has 1 saturated carbocycles. The molecule has 0 aliphatic heterocycles. The van der Waals surface area contributed by atoms with Gasteiger partial charge in [0.2, 0.25) is 0 Å². The minimum atomic E-state index is -0.495. The number of halogens is 3. The highest BCUT2D eigenvalue weighted by Gasteiger charge is 2.20. The quantitative estimate of drug-likeness (QED) is 0.500. The Morgan fingerprint density at radius 1 is 1.00 bits per heavy atom. The summed E-state index contributed by atoms with van der Waals surface area (Å²) in [5, 5.41) is 0.138. The van der Waals surface area contributed by atoms with Crippen LogP contribution in [0.25, 0.3) is 0 Å². The van der Waals surface area contributed by atoms with Crippen LogP contribution in [-0.2, 0) is 0 Å². The normalized spacial score (nSPS) is 26.4. The van der Waals surface area contributed by atoms with Crippen LogP contribution in [-0.4, -0.2) is 5.38 Å². The van der Waals surface area contributed by atoms with E-state index < -0.39 is 11.6 Å². The van der Waals surface area contributed by atoms with E-state index in [0.717, 1.165) is 43.7 Å². The lowest BCUT2D eigenvalue weighted by Gasteiger charge is -2.16. The molecule has 0 radical (unpaired) electrons. The molecule has 1 aromatic rings. The van der Waals surface area contributed by atoms with Crippen LogP contribution in [0.2, 0.25) is 0 Å². The molecule has 0 bridgehead atoms. The predicted molar refractivity (Wildman–Crippen MR) is 61.8 cm³/mol. The molecular weight excluding hydrogens is 230 g/mol. The lowest BCUT2D eigenvalue weighted by Crippen LogP contribution is -2.05. The zero-order valence-electron chi connectivity index (χ0n) is 9.06. The average molecular weight is 245 g/mol. The van der Waals surface area contributed by atoms with E-state index in [4.69, 9.17) is 11.6 Å². The predicted octanol–water partition coefficient (Wildman–Crippen LogP) is 4.62. The van der Waals surface area contributed by atoms with E-state index in [0.29, 0.717) is 0 Å². The van der Waals surface area contributed by atoms with Crippen LogP contribution in [0.3, 0.4) is 0 Å². The van der Waals surface area contributed by atoms with Crippen LogP contribution in [0.4, 0.5) is 8.78 Å².